The highest BCUT2D eigenvalue weighted by molar-refractivity contribution is 6.06. The molecule has 2 rings (SSSR count). The number of aromatic amines is 1. The van der Waals surface area contributed by atoms with E-state index >= 15 is 0 Å². The smallest absolute Gasteiger partial charge is 0.405 e. The monoisotopic (exact) mass is 348 g/mol. The second kappa shape index (κ2) is 7.56. The predicted molar refractivity (Wildman–Crippen MR) is 86.5 cm³/mol. The summed E-state index contributed by atoms with van der Waals surface area (Å²) < 4.78 is 17.6. The Labute approximate surface area is 142 Å². The topological polar surface area (TPSA) is 127 Å². The number of halogens is 1. The molecule has 0 fully saturated rings. The molecule has 2 aromatic rings. The summed E-state index contributed by atoms with van der Waals surface area (Å²) in [7, 11) is 0. The maximum atomic E-state index is 12.9. The number of anilines is 1. The highest BCUT2D eigenvalue weighted by Gasteiger charge is 2.21. The number of amides is 2. The van der Waals surface area contributed by atoms with Crippen molar-refractivity contribution in [3.05, 3.63) is 46.9 Å². The first-order valence-electron chi connectivity index (χ1n) is 7.37. The molecule has 2 amide bonds. The highest BCUT2D eigenvalue weighted by atomic mass is 19.1. The first-order chi connectivity index (χ1) is 11.8. The largest absolute Gasteiger partial charge is 0.439 e. The number of carbonyl (C=O) groups excluding carboxylic acids is 3. The van der Waals surface area contributed by atoms with Crippen molar-refractivity contribution in [2.75, 3.05) is 5.32 Å². The fourth-order valence-electron chi connectivity index (χ4n) is 2.31. The zero-order valence-corrected chi connectivity index (χ0v) is 13.6. The molecule has 0 saturated carbocycles. The molecule has 1 aromatic heterocycles. The molecule has 8 nitrogen and oxygen atoms in total. The number of nitrogens with one attached hydrogen (secondary N) is 2. The lowest BCUT2D eigenvalue weighted by Crippen LogP contribution is -2.29. The maximum Gasteiger partial charge on any atom is 0.405 e. The Balaban J connectivity index is 2.22. The normalized spacial score (nSPS) is 11.6. The lowest BCUT2D eigenvalue weighted by molar-refractivity contribution is -0.125. The van der Waals surface area contributed by atoms with Crippen LogP contribution in [0.4, 0.5) is 15.0 Å². The number of aromatic nitrogens is 2. The van der Waals surface area contributed by atoms with Crippen LogP contribution >= 0.6 is 0 Å². The summed E-state index contributed by atoms with van der Waals surface area (Å²) in [5.74, 6) is -1.61. The molecule has 0 radical (unpaired) electrons. The lowest BCUT2D eigenvalue weighted by Gasteiger charge is -2.14. The summed E-state index contributed by atoms with van der Waals surface area (Å²) in [5.41, 5.74) is 6.24. The highest BCUT2D eigenvalue weighted by Crippen LogP contribution is 2.18. The lowest BCUT2D eigenvalue weighted by atomic mass is 9.96. The first-order valence-corrected chi connectivity index (χ1v) is 7.37. The number of nitrogens with two attached hydrogens (primary N) is 1. The molecular weight excluding hydrogens is 331 g/mol. The van der Waals surface area contributed by atoms with Gasteiger partial charge in [-0.2, -0.15) is 9.49 Å². The molecular formula is C16H17FN4O4. The Kier molecular flexibility index (Phi) is 5.48. The average Bonchev–Trinajstić information content (AvgIpc) is 2.91. The number of hydrogen-bond donors (Lipinski definition) is 3. The number of rotatable bonds is 6. The van der Waals surface area contributed by atoms with Gasteiger partial charge in [-0.25, -0.2) is 4.79 Å². The van der Waals surface area contributed by atoms with Gasteiger partial charge in [0, 0.05) is 18.1 Å². The number of ketones is 1. The van der Waals surface area contributed by atoms with Crippen molar-refractivity contribution < 1.29 is 23.5 Å². The second-order valence-corrected chi connectivity index (χ2v) is 5.39. The number of aryl methyl sites for hydroxylation is 1. The van der Waals surface area contributed by atoms with Crippen LogP contribution in [0.5, 0.6) is 0 Å². The Bertz CT molecular complexity index is 818. The number of nitrogens with zero attached hydrogens (tertiary/aromatic N) is 1. The van der Waals surface area contributed by atoms with Gasteiger partial charge in [-0.3, -0.25) is 14.7 Å². The van der Waals surface area contributed by atoms with Crippen LogP contribution in [0.1, 0.15) is 28.4 Å². The Morgan fingerprint density at radius 2 is 2.12 bits per heavy atom. The van der Waals surface area contributed by atoms with Crippen LogP contribution in [0, 0.1) is 12.9 Å². The third-order valence-corrected chi connectivity index (χ3v) is 3.49. The van der Waals surface area contributed by atoms with Crippen LogP contribution in [-0.2, 0) is 16.0 Å². The molecule has 0 spiro atoms. The number of carbonyl (C=O) groups is 3. The van der Waals surface area contributed by atoms with E-state index in [9.17, 15) is 18.8 Å². The van der Waals surface area contributed by atoms with Gasteiger partial charge in [-0.15, -0.1) is 0 Å². The maximum absolute atomic E-state index is 12.9. The molecule has 9 heteroatoms. The van der Waals surface area contributed by atoms with Crippen LogP contribution in [-0.4, -0.2) is 34.1 Å². The van der Waals surface area contributed by atoms with Gasteiger partial charge in [0.2, 0.25) is 5.95 Å². The van der Waals surface area contributed by atoms with Crippen LogP contribution in [0.3, 0.4) is 0 Å². The van der Waals surface area contributed by atoms with Gasteiger partial charge in [0.15, 0.2) is 17.7 Å². The van der Waals surface area contributed by atoms with E-state index in [-0.39, 0.29) is 17.8 Å². The molecule has 1 aromatic carbocycles. The fraction of sp³-hybridized carbons (Fsp3) is 0.250. The average molecular weight is 348 g/mol. The quantitative estimate of drug-likeness (QED) is 0.732. The van der Waals surface area contributed by atoms with Gasteiger partial charge in [-0.1, -0.05) is 18.2 Å². The van der Waals surface area contributed by atoms with E-state index in [1.807, 2.05) is 0 Å². The summed E-state index contributed by atoms with van der Waals surface area (Å²) in [5, 5.41) is 8.12. The van der Waals surface area contributed by atoms with E-state index in [1.165, 1.54) is 6.92 Å². The standard InChI is InChI=1S/C16H17FN4O4/c1-8-4-3-5-10(6-11(22)9(2)25-16(18)24)14(8)15(23)19-13-7-12(17)20-21-13/h3-5,7,9H,6H2,1-2H3,(H2,18,24)(H2,19,20,21,23)/t9-/m0/s1. The molecule has 1 atom stereocenters. The third kappa shape index (κ3) is 4.63. The van der Waals surface area contributed by atoms with Gasteiger partial charge in [0.25, 0.3) is 5.91 Å². The van der Waals surface area contributed by atoms with Crippen molar-refractivity contribution in [2.24, 2.45) is 5.73 Å². The predicted octanol–water partition coefficient (Wildman–Crippen LogP) is 1.70. The van der Waals surface area contributed by atoms with Gasteiger partial charge in [0.05, 0.1) is 0 Å². The van der Waals surface area contributed by atoms with Gasteiger partial charge < -0.3 is 15.8 Å². The Morgan fingerprint density at radius 1 is 1.40 bits per heavy atom. The van der Waals surface area contributed by atoms with Gasteiger partial charge in [-0.05, 0) is 25.0 Å². The van der Waals surface area contributed by atoms with Gasteiger partial charge in [0.1, 0.15) is 0 Å². The molecule has 0 unspecified atom stereocenters. The number of benzene rings is 1. The summed E-state index contributed by atoms with van der Waals surface area (Å²) >= 11 is 0. The second-order valence-electron chi connectivity index (χ2n) is 5.39. The van der Waals surface area contributed by atoms with Crippen molar-refractivity contribution in [3.63, 3.8) is 0 Å². The fourth-order valence-corrected chi connectivity index (χ4v) is 2.31. The van der Waals surface area contributed by atoms with Crippen molar-refractivity contribution in [3.8, 4) is 0 Å². The first kappa shape index (κ1) is 18.1. The van der Waals surface area contributed by atoms with E-state index in [2.05, 4.69) is 20.3 Å². The van der Waals surface area contributed by atoms with E-state index in [1.54, 1.807) is 25.1 Å². The van der Waals surface area contributed by atoms with Crippen molar-refractivity contribution >= 4 is 23.6 Å². The van der Waals surface area contributed by atoms with Crippen molar-refractivity contribution in [1.82, 2.24) is 10.2 Å². The molecule has 132 valence electrons. The summed E-state index contributed by atoms with van der Waals surface area (Å²) in [6.07, 6.45) is -2.22. The zero-order valence-electron chi connectivity index (χ0n) is 13.6. The third-order valence-electron chi connectivity index (χ3n) is 3.49. The van der Waals surface area contributed by atoms with E-state index in [4.69, 9.17) is 5.73 Å². The molecule has 0 aliphatic carbocycles. The van der Waals surface area contributed by atoms with Crippen molar-refractivity contribution in [1.29, 1.82) is 0 Å². The minimum absolute atomic E-state index is 0.0217. The van der Waals surface area contributed by atoms with Crippen LogP contribution in [0.2, 0.25) is 0 Å². The van der Waals surface area contributed by atoms with E-state index < -0.39 is 29.8 Å². The van der Waals surface area contributed by atoms with Crippen LogP contribution < -0.4 is 11.1 Å². The number of hydrogen-bond acceptors (Lipinski definition) is 5. The minimum atomic E-state index is -1.05. The SMILES string of the molecule is Cc1cccc(CC(=O)[C@H](C)OC(N)=O)c1C(=O)Nc1cc(F)[nH]n1. The summed E-state index contributed by atoms with van der Waals surface area (Å²) in [4.78, 5) is 35.4. The van der Waals surface area contributed by atoms with E-state index in [0.29, 0.717) is 11.1 Å². The number of ether oxygens (including phenoxy) is 1. The Hall–Kier alpha value is -3.23. The summed E-state index contributed by atoms with van der Waals surface area (Å²) in [6.45, 7) is 3.10. The van der Waals surface area contributed by atoms with Crippen LogP contribution in [0.25, 0.3) is 0 Å². The number of primary amides is 1. The molecule has 0 saturated heterocycles. The number of H-pyrrole nitrogens is 1. The molecule has 4 N–H and O–H groups in total. The number of Topliss-reactive ketones (excluding diaryl/α,β-unsaturated/α-hetero) is 1. The summed E-state index contributed by atoms with van der Waals surface area (Å²) in [6, 6.07) is 6.05. The molecule has 0 aliphatic heterocycles. The minimum Gasteiger partial charge on any atom is -0.439 e. The Morgan fingerprint density at radius 3 is 2.72 bits per heavy atom. The zero-order chi connectivity index (χ0) is 18.6. The van der Waals surface area contributed by atoms with E-state index in [0.717, 1.165) is 6.07 Å². The van der Waals surface area contributed by atoms with Crippen molar-refractivity contribution in [2.45, 2.75) is 26.4 Å². The molecule has 0 aliphatic rings. The molecule has 25 heavy (non-hydrogen) atoms. The van der Waals surface area contributed by atoms with Crippen LogP contribution in [0.15, 0.2) is 24.3 Å². The molecule has 0 bridgehead atoms. The van der Waals surface area contributed by atoms with Gasteiger partial charge >= 0.3 is 6.09 Å². The molecule has 1 heterocycles.